The van der Waals surface area contributed by atoms with Gasteiger partial charge in [0.2, 0.25) is 5.76 Å². The van der Waals surface area contributed by atoms with E-state index in [2.05, 4.69) is 4.98 Å². The van der Waals surface area contributed by atoms with Crippen molar-refractivity contribution in [2.24, 2.45) is 0 Å². The van der Waals surface area contributed by atoms with Crippen LogP contribution >= 0.6 is 0 Å². The molecule has 1 amide bonds. The number of nitro groups is 1. The molecule has 1 aliphatic rings. The number of hydrogen-bond donors (Lipinski definition) is 0. The van der Waals surface area contributed by atoms with Gasteiger partial charge in [0.15, 0.2) is 5.43 Å². The number of rotatable bonds is 6. The Morgan fingerprint density at radius 2 is 2.00 bits per heavy atom. The van der Waals surface area contributed by atoms with Gasteiger partial charge in [0.25, 0.3) is 11.6 Å². The third-order valence-electron chi connectivity index (χ3n) is 5.89. The summed E-state index contributed by atoms with van der Waals surface area (Å²) in [5, 5.41) is 11.8. The van der Waals surface area contributed by atoms with Crippen molar-refractivity contribution in [3.8, 4) is 0 Å². The molecule has 2 aromatic heterocycles. The largest absolute Gasteiger partial charge is 0.450 e. The molecule has 1 aliphatic heterocycles. The number of aryl methyl sites for hydroxylation is 2. The number of nitro benzene ring substituents is 1. The summed E-state index contributed by atoms with van der Waals surface area (Å²) in [6.45, 7) is 2.84. The molecule has 2 aromatic carbocycles. The third kappa shape index (κ3) is 3.57. The number of hydrogen-bond acceptors (Lipinski definition) is 6. The van der Waals surface area contributed by atoms with Crippen molar-refractivity contribution in [2.75, 3.05) is 6.54 Å². The zero-order valence-electron chi connectivity index (χ0n) is 17.8. The molecule has 4 aromatic rings. The Balaban J connectivity index is 1.63. The third-order valence-corrected chi connectivity index (χ3v) is 5.89. The van der Waals surface area contributed by atoms with Crippen LogP contribution < -0.4 is 5.43 Å². The van der Waals surface area contributed by atoms with Gasteiger partial charge in [-0.05, 0) is 31.0 Å². The Bertz CT molecular complexity index is 1440. The van der Waals surface area contributed by atoms with Crippen molar-refractivity contribution in [3.63, 3.8) is 0 Å². The van der Waals surface area contributed by atoms with Gasteiger partial charge in [-0.15, -0.1) is 0 Å². The van der Waals surface area contributed by atoms with Crippen LogP contribution in [0.25, 0.3) is 11.0 Å². The first-order chi connectivity index (χ1) is 15.9. The molecule has 1 atom stereocenters. The Labute approximate surface area is 188 Å². The minimum absolute atomic E-state index is 0.00418. The van der Waals surface area contributed by atoms with Gasteiger partial charge in [-0.1, -0.05) is 23.8 Å². The first kappa shape index (κ1) is 20.6. The van der Waals surface area contributed by atoms with Crippen molar-refractivity contribution >= 4 is 22.6 Å². The second kappa shape index (κ2) is 8.01. The van der Waals surface area contributed by atoms with Gasteiger partial charge >= 0.3 is 0 Å². The molecular formula is C24H20N4O5. The van der Waals surface area contributed by atoms with E-state index in [1.54, 1.807) is 41.7 Å². The highest BCUT2D eigenvalue weighted by Crippen LogP contribution is 2.39. The van der Waals surface area contributed by atoms with Gasteiger partial charge in [0.05, 0.1) is 28.2 Å². The van der Waals surface area contributed by atoms with Crippen molar-refractivity contribution < 1.29 is 14.1 Å². The SMILES string of the molecule is Cc1ccc2oc3c(c(=O)c2c1)[C@H](c1cccc([N+](=O)[O-])c1)N(CCCn1ccnc1)C3=O. The van der Waals surface area contributed by atoms with Crippen LogP contribution in [0.3, 0.4) is 0 Å². The summed E-state index contributed by atoms with van der Waals surface area (Å²) in [5.41, 5.74) is 1.56. The Morgan fingerprint density at radius 1 is 1.15 bits per heavy atom. The fraction of sp³-hybridized carbons (Fsp3) is 0.208. The van der Waals surface area contributed by atoms with E-state index in [9.17, 15) is 19.7 Å². The lowest BCUT2D eigenvalue weighted by atomic mass is 9.97. The molecule has 0 saturated carbocycles. The number of carbonyl (C=O) groups is 1. The summed E-state index contributed by atoms with van der Waals surface area (Å²) in [5.74, 6) is -0.401. The average molecular weight is 444 g/mol. The van der Waals surface area contributed by atoms with Crippen LogP contribution in [0.15, 0.2) is 70.4 Å². The van der Waals surface area contributed by atoms with E-state index in [4.69, 9.17) is 4.42 Å². The standard InChI is InChI=1S/C24H20N4O5/c1-15-6-7-19-18(12-15)22(29)20-21(16-4-2-5-17(13-16)28(31)32)27(24(30)23(20)33-19)10-3-9-26-11-8-25-14-26/h2,4-8,11-14,21H,3,9-10H2,1H3/t21-/m0/s1. The second-order valence-electron chi connectivity index (χ2n) is 8.08. The summed E-state index contributed by atoms with van der Waals surface area (Å²) < 4.78 is 7.82. The van der Waals surface area contributed by atoms with Crippen molar-refractivity contribution in [3.05, 3.63) is 104 Å². The van der Waals surface area contributed by atoms with Gasteiger partial charge < -0.3 is 13.9 Å². The molecule has 0 saturated heterocycles. The number of fused-ring (bicyclic) bond motifs is 2. The zero-order chi connectivity index (χ0) is 23.1. The molecule has 33 heavy (non-hydrogen) atoms. The maximum Gasteiger partial charge on any atom is 0.290 e. The monoisotopic (exact) mass is 444 g/mol. The minimum Gasteiger partial charge on any atom is -0.450 e. The number of carbonyl (C=O) groups excluding carboxylic acids is 1. The number of imidazole rings is 1. The van der Waals surface area contributed by atoms with Crippen LogP contribution in [0.2, 0.25) is 0 Å². The summed E-state index contributed by atoms with van der Waals surface area (Å²) >= 11 is 0. The van der Waals surface area contributed by atoms with Gasteiger partial charge in [-0.25, -0.2) is 4.98 Å². The van der Waals surface area contributed by atoms with Gasteiger partial charge in [0, 0.05) is 37.6 Å². The Morgan fingerprint density at radius 3 is 2.76 bits per heavy atom. The van der Waals surface area contributed by atoms with Crippen molar-refractivity contribution in [1.29, 1.82) is 0 Å². The highest BCUT2D eigenvalue weighted by Gasteiger charge is 2.42. The van der Waals surface area contributed by atoms with Gasteiger partial charge in [-0.2, -0.15) is 0 Å². The highest BCUT2D eigenvalue weighted by atomic mass is 16.6. The fourth-order valence-electron chi connectivity index (χ4n) is 4.36. The molecule has 0 unspecified atom stereocenters. The first-order valence-corrected chi connectivity index (χ1v) is 10.5. The van der Waals surface area contributed by atoms with Crippen molar-refractivity contribution in [2.45, 2.75) is 25.9 Å². The lowest BCUT2D eigenvalue weighted by Gasteiger charge is -2.25. The smallest absolute Gasteiger partial charge is 0.290 e. The Hall–Kier alpha value is -4.27. The van der Waals surface area contributed by atoms with Crippen molar-refractivity contribution in [1.82, 2.24) is 14.5 Å². The van der Waals surface area contributed by atoms with E-state index in [1.165, 1.54) is 12.1 Å². The topological polar surface area (TPSA) is 111 Å². The van der Waals surface area contributed by atoms with Crippen LogP contribution in [0, 0.1) is 17.0 Å². The van der Waals surface area contributed by atoms with Gasteiger partial charge in [-0.3, -0.25) is 19.7 Å². The molecule has 9 nitrogen and oxygen atoms in total. The van der Waals surface area contributed by atoms with Crippen LogP contribution in [-0.4, -0.2) is 31.8 Å². The first-order valence-electron chi connectivity index (χ1n) is 10.5. The molecule has 0 fully saturated rings. The van der Waals surface area contributed by atoms with Crippen LogP contribution in [0.5, 0.6) is 0 Å². The van der Waals surface area contributed by atoms with Crippen LogP contribution in [-0.2, 0) is 6.54 Å². The second-order valence-corrected chi connectivity index (χ2v) is 8.08. The van der Waals surface area contributed by atoms with Crippen LogP contribution in [0.4, 0.5) is 5.69 Å². The zero-order valence-corrected chi connectivity index (χ0v) is 17.8. The van der Waals surface area contributed by atoms with E-state index >= 15 is 0 Å². The predicted molar refractivity (Wildman–Crippen MR) is 120 cm³/mol. The number of nitrogens with zero attached hydrogens (tertiary/aromatic N) is 4. The van der Waals surface area contributed by atoms with E-state index < -0.39 is 16.9 Å². The lowest BCUT2D eigenvalue weighted by Crippen LogP contribution is -2.31. The number of amides is 1. The minimum atomic E-state index is -0.767. The molecular weight excluding hydrogens is 424 g/mol. The van der Waals surface area contributed by atoms with E-state index in [0.717, 1.165) is 5.56 Å². The highest BCUT2D eigenvalue weighted by molar-refractivity contribution is 5.99. The van der Waals surface area contributed by atoms with E-state index in [0.29, 0.717) is 36.0 Å². The molecule has 3 heterocycles. The Kier molecular flexibility index (Phi) is 5.01. The number of aromatic nitrogens is 2. The average Bonchev–Trinajstić information content (AvgIpc) is 3.42. The summed E-state index contributed by atoms with van der Waals surface area (Å²) in [6.07, 6.45) is 5.81. The normalized spacial score (nSPS) is 15.2. The lowest BCUT2D eigenvalue weighted by molar-refractivity contribution is -0.384. The predicted octanol–water partition coefficient (Wildman–Crippen LogP) is 3.84. The molecule has 0 radical (unpaired) electrons. The van der Waals surface area contributed by atoms with Crippen LogP contribution in [0.1, 0.15) is 39.7 Å². The molecule has 5 rings (SSSR count). The molecule has 0 N–H and O–H groups in total. The maximum atomic E-state index is 13.5. The maximum absolute atomic E-state index is 13.5. The molecule has 0 spiro atoms. The summed E-state index contributed by atoms with van der Waals surface area (Å²) in [7, 11) is 0. The molecule has 0 bridgehead atoms. The fourth-order valence-corrected chi connectivity index (χ4v) is 4.36. The number of non-ortho nitro benzene ring substituents is 1. The quantitative estimate of drug-likeness (QED) is 0.330. The molecule has 9 heteroatoms. The summed E-state index contributed by atoms with van der Waals surface area (Å²) in [4.78, 5) is 43.4. The number of benzene rings is 2. The van der Waals surface area contributed by atoms with E-state index in [-0.39, 0.29) is 22.4 Å². The molecule has 0 aliphatic carbocycles. The van der Waals surface area contributed by atoms with E-state index in [1.807, 2.05) is 23.8 Å². The summed E-state index contributed by atoms with van der Waals surface area (Å²) in [6, 6.07) is 10.5. The van der Waals surface area contributed by atoms with Gasteiger partial charge in [0.1, 0.15) is 5.58 Å². The molecule has 166 valence electrons.